The predicted molar refractivity (Wildman–Crippen MR) is 111 cm³/mol. The molecule has 4 rings (SSSR count). The molecule has 156 valence electrons. The minimum Gasteiger partial charge on any atom is -0.355 e. The molecule has 30 heavy (non-hydrogen) atoms. The first-order valence-electron chi connectivity index (χ1n) is 10.0. The van der Waals surface area contributed by atoms with Crippen molar-refractivity contribution < 1.29 is 9.59 Å². The van der Waals surface area contributed by atoms with Gasteiger partial charge in [0.2, 0.25) is 11.8 Å². The normalized spacial score (nSPS) is 13.3. The predicted octanol–water partition coefficient (Wildman–Crippen LogP) is 0.611. The summed E-state index contributed by atoms with van der Waals surface area (Å²) in [5, 5.41) is 7.15. The van der Waals surface area contributed by atoms with Gasteiger partial charge in [-0.15, -0.1) is 0 Å². The molecule has 0 saturated carbocycles. The van der Waals surface area contributed by atoms with E-state index in [9.17, 15) is 14.4 Å². The lowest BCUT2D eigenvalue weighted by atomic mass is 9.99. The number of carbonyl (C=O) groups is 2. The second-order valence-electron chi connectivity index (χ2n) is 7.47. The average Bonchev–Trinajstić information content (AvgIpc) is 3.14. The van der Waals surface area contributed by atoms with Gasteiger partial charge >= 0.3 is 0 Å². The number of rotatable bonds is 6. The molecule has 1 aromatic carbocycles. The summed E-state index contributed by atoms with van der Waals surface area (Å²) in [5.41, 5.74) is 2.69. The Kier molecular flexibility index (Phi) is 5.60. The van der Waals surface area contributed by atoms with Crippen LogP contribution in [-0.4, -0.2) is 49.1 Å². The highest BCUT2D eigenvalue weighted by Crippen LogP contribution is 2.19. The van der Waals surface area contributed by atoms with Crippen molar-refractivity contribution in [1.29, 1.82) is 0 Å². The van der Waals surface area contributed by atoms with Gasteiger partial charge < -0.3 is 10.2 Å². The Morgan fingerprint density at radius 3 is 2.83 bits per heavy atom. The molecular weight excluding hydrogens is 384 g/mol. The van der Waals surface area contributed by atoms with Gasteiger partial charge in [0.15, 0.2) is 5.65 Å². The maximum absolute atomic E-state index is 12.5. The molecule has 1 aliphatic heterocycles. The molecule has 0 radical (unpaired) electrons. The Bertz CT molecular complexity index is 1150. The summed E-state index contributed by atoms with van der Waals surface area (Å²) >= 11 is 0. The van der Waals surface area contributed by atoms with Gasteiger partial charge in [-0.2, -0.15) is 5.10 Å². The van der Waals surface area contributed by atoms with Crippen LogP contribution in [0.3, 0.4) is 0 Å². The highest BCUT2D eigenvalue weighted by atomic mass is 16.2. The van der Waals surface area contributed by atoms with E-state index in [2.05, 4.69) is 27.5 Å². The van der Waals surface area contributed by atoms with Gasteiger partial charge in [0.1, 0.15) is 18.3 Å². The maximum Gasteiger partial charge on any atom is 0.264 e. The molecule has 9 heteroatoms. The summed E-state index contributed by atoms with van der Waals surface area (Å²) in [6.07, 6.45) is 4.61. The Labute approximate surface area is 173 Å². The van der Waals surface area contributed by atoms with Crippen LogP contribution in [0.15, 0.2) is 41.6 Å². The number of nitrogens with one attached hydrogen (secondary N) is 1. The van der Waals surface area contributed by atoms with E-state index in [1.165, 1.54) is 32.9 Å². The van der Waals surface area contributed by atoms with Crippen molar-refractivity contribution in [3.05, 3.63) is 58.3 Å². The molecule has 1 aliphatic rings. The first-order valence-corrected chi connectivity index (χ1v) is 10.0. The first kappa shape index (κ1) is 19.8. The standard InChI is InChI=1S/C21H24N6O3/c1-25-20-17(11-24-25)21(30)27(14-23-20)13-18(28)22-9-4-7-19(29)26-10-8-15-5-2-3-6-16(15)12-26/h2-3,5-6,11,14H,4,7-10,12-13H2,1H3,(H,22,28). The van der Waals surface area contributed by atoms with E-state index in [4.69, 9.17) is 0 Å². The summed E-state index contributed by atoms with van der Waals surface area (Å²) in [6, 6.07) is 8.20. The number of aryl methyl sites for hydroxylation is 1. The molecule has 3 heterocycles. The molecule has 1 N–H and O–H groups in total. The maximum atomic E-state index is 12.5. The van der Waals surface area contributed by atoms with Crippen LogP contribution in [0.25, 0.3) is 11.0 Å². The fourth-order valence-electron chi connectivity index (χ4n) is 3.72. The summed E-state index contributed by atoms with van der Waals surface area (Å²) in [7, 11) is 1.70. The number of hydrogen-bond donors (Lipinski definition) is 1. The highest BCUT2D eigenvalue weighted by molar-refractivity contribution is 5.78. The van der Waals surface area contributed by atoms with Crippen molar-refractivity contribution >= 4 is 22.8 Å². The van der Waals surface area contributed by atoms with Crippen molar-refractivity contribution in [2.75, 3.05) is 13.1 Å². The van der Waals surface area contributed by atoms with E-state index < -0.39 is 0 Å². The van der Waals surface area contributed by atoms with Crippen LogP contribution in [0.5, 0.6) is 0 Å². The zero-order valence-corrected chi connectivity index (χ0v) is 16.9. The Hall–Kier alpha value is -3.49. The van der Waals surface area contributed by atoms with Gasteiger partial charge in [-0.25, -0.2) is 4.98 Å². The molecule has 3 aromatic rings. The molecule has 9 nitrogen and oxygen atoms in total. The number of aromatic nitrogens is 4. The van der Waals surface area contributed by atoms with E-state index in [1.807, 2.05) is 17.0 Å². The van der Waals surface area contributed by atoms with Gasteiger partial charge in [-0.1, -0.05) is 24.3 Å². The fourth-order valence-corrected chi connectivity index (χ4v) is 3.72. The molecule has 0 fully saturated rings. The molecule has 0 unspecified atom stereocenters. The lowest BCUT2D eigenvalue weighted by Crippen LogP contribution is -2.36. The number of amides is 2. The molecule has 2 amide bonds. The van der Waals surface area contributed by atoms with Gasteiger partial charge in [0, 0.05) is 33.1 Å². The lowest BCUT2D eigenvalue weighted by Gasteiger charge is -2.29. The first-order chi connectivity index (χ1) is 14.5. The third kappa shape index (κ3) is 4.10. The van der Waals surface area contributed by atoms with E-state index in [0.29, 0.717) is 37.0 Å². The smallest absolute Gasteiger partial charge is 0.264 e. The summed E-state index contributed by atoms with van der Waals surface area (Å²) in [5.74, 6) is -0.192. The summed E-state index contributed by atoms with van der Waals surface area (Å²) in [6.45, 7) is 1.64. The Balaban J connectivity index is 1.23. The monoisotopic (exact) mass is 408 g/mol. The van der Waals surface area contributed by atoms with Crippen LogP contribution in [-0.2, 0) is 36.1 Å². The van der Waals surface area contributed by atoms with Crippen molar-refractivity contribution in [2.24, 2.45) is 7.05 Å². The molecule has 0 saturated heterocycles. The third-order valence-corrected chi connectivity index (χ3v) is 5.41. The summed E-state index contributed by atoms with van der Waals surface area (Å²) in [4.78, 5) is 43.1. The van der Waals surface area contributed by atoms with Crippen LogP contribution in [0.2, 0.25) is 0 Å². The number of hydrogen-bond acceptors (Lipinski definition) is 5. The van der Waals surface area contributed by atoms with E-state index >= 15 is 0 Å². The van der Waals surface area contributed by atoms with Gasteiger partial charge in [0.25, 0.3) is 5.56 Å². The zero-order valence-electron chi connectivity index (χ0n) is 16.9. The quantitative estimate of drug-likeness (QED) is 0.602. The summed E-state index contributed by atoms with van der Waals surface area (Å²) < 4.78 is 2.77. The highest BCUT2D eigenvalue weighted by Gasteiger charge is 2.19. The molecule has 0 spiro atoms. The fraction of sp³-hybridized carbons (Fsp3) is 0.381. The molecule has 0 atom stereocenters. The van der Waals surface area contributed by atoms with Crippen molar-refractivity contribution in [3.8, 4) is 0 Å². The molecule has 0 aliphatic carbocycles. The van der Waals surface area contributed by atoms with Crippen molar-refractivity contribution in [1.82, 2.24) is 29.5 Å². The lowest BCUT2D eigenvalue weighted by molar-refractivity contribution is -0.132. The second kappa shape index (κ2) is 8.48. The SMILES string of the molecule is Cn1ncc2c(=O)n(CC(=O)NCCCC(=O)N3CCc4ccccc4C3)cnc21. The number of benzene rings is 1. The van der Waals surface area contributed by atoms with Crippen LogP contribution >= 0.6 is 0 Å². The minimum absolute atomic E-state index is 0.0983. The van der Waals surface area contributed by atoms with E-state index in [0.717, 1.165) is 13.0 Å². The molecule has 2 aromatic heterocycles. The zero-order chi connectivity index (χ0) is 21.1. The van der Waals surface area contributed by atoms with Gasteiger partial charge in [-0.05, 0) is 24.0 Å². The van der Waals surface area contributed by atoms with Gasteiger partial charge in [-0.3, -0.25) is 23.6 Å². The van der Waals surface area contributed by atoms with Crippen LogP contribution < -0.4 is 10.9 Å². The number of fused-ring (bicyclic) bond motifs is 2. The van der Waals surface area contributed by atoms with Crippen molar-refractivity contribution in [2.45, 2.75) is 32.4 Å². The third-order valence-electron chi connectivity index (χ3n) is 5.41. The Morgan fingerprint density at radius 1 is 1.20 bits per heavy atom. The Morgan fingerprint density at radius 2 is 2.00 bits per heavy atom. The van der Waals surface area contributed by atoms with E-state index in [1.54, 1.807) is 7.05 Å². The number of carbonyl (C=O) groups excluding carboxylic acids is 2. The minimum atomic E-state index is -0.302. The van der Waals surface area contributed by atoms with Crippen LogP contribution in [0.4, 0.5) is 0 Å². The number of nitrogens with zero attached hydrogens (tertiary/aromatic N) is 5. The van der Waals surface area contributed by atoms with E-state index in [-0.39, 0.29) is 23.9 Å². The molecule has 0 bridgehead atoms. The van der Waals surface area contributed by atoms with Crippen LogP contribution in [0, 0.1) is 0 Å². The average molecular weight is 408 g/mol. The second-order valence-corrected chi connectivity index (χ2v) is 7.47. The van der Waals surface area contributed by atoms with Gasteiger partial charge in [0.05, 0.1) is 6.20 Å². The van der Waals surface area contributed by atoms with Crippen molar-refractivity contribution in [3.63, 3.8) is 0 Å². The topological polar surface area (TPSA) is 102 Å². The largest absolute Gasteiger partial charge is 0.355 e. The van der Waals surface area contributed by atoms with Crippen LogP contribution in [0.1, 0.15) is 24.0 Å². The molecular formula is C21H24N6O3.